The molecule has 2 aromatic rings. The molecule has 0 aliphatic heterocycles. The first-order valence-corrected chi connectivity index (χ1v) is 17.7. The molecule has 49 heavy (non-hydrogen) atoms. The molecule has 0 aliphatic carbocycles. The molecule has 0 heterocycles. The number of rotatable bonds is 26. The minimum Gasteiger partial charge on any atom is -0.495 e. The molecule has 1 atom stereocenters. The fraction of sp³-hybridized carbons (Fsp3) is 0.513. The van der Waals surface area contributed by atoms with Gasteiger partial charge in [-0.1, -0.05) is 103 Å². The van der Waals surface area contributed by atoms with E-state index in [1.165, 1.54) is 127 Å². The molecule has 10 nitrogen and oxygen atoms in total. The Bertz CT molecular complexity index is 1370. The van der Waals surface area contributed by atoms with E-state index >= 15 is 0 Å². The summed E-state index contributed by atoms with van der Waals surface area (Å²) >= 11 is 0. The Balaban J connectivity index is 1.74. The number of allylic oxidation sites excluding steroid dienone is 1. The van der Waals surface area contributed by atoms with E-state index in [0.717, 1.165) is 19.3 Å². The van der Waals surface area contributed by atoms with Gasteiger partial charge in [0, 0.05) is 11.3 Å². The number of carbonyl (C=O) groups excluding carboxylic acids is 3. The molecule has 10 heteroatoms. The lowest BCUT2D eigenvalue weighted by Gasteiger charge is -2.12. The number of unbranched alkanes of at least 4 members (excludes halogenated alkanes) is 14. The first kappa shape index (κ1) is 40.7. The number of hydrogen-bond acceptors (Lipinski definition) is 6. The SMILES string of the molecule is CCCCCCCCCCCCCCCC/C=C/C(CC(=O)O)C(=O)Nc1ccc(C(=O)CC(=O)Nc2cc(C(=O)O)ccc2OC)cc1. The first-order chi connectivity index (χ1) is 23.6. The van der Waals surface area contributed by atoms with Gasteiger partial charge in [-0.25, -0.2) is 4.79 Å². The Kier molecular flexibility index (Phi) is 19.8. The van der Waals surface area contributed by atoms with E-state index in [9.17, 15) is 34.2 Å². The number of anilines is 2. The molecule has 2 aromatic carbocycles. The van der Waals surface area contributed by atoms with Crippen molar-refractivity contribution < 1.29 is 38.9 Å². The van der Waals surface area contributed by atoms with Gasteiger partial charge in [-0.3, -0.25) is 19.2 Å². The minimum absolute atomic E-state index is 0.0498. The number of benzene rings is 2. The van der Waals surface area contributed by atoms with E-state index in [4.69, 9.17) is 4.74 Å². The van der Waals surface area contributed by atoms with Crippen LogP contribution in [-0.4, -0.2) is 46.9 Å². The molecular weight excluding hydrogens is 624 g/mol. The Labute approximate surface area is 290 Å². The average Bonchev–Trinajstić information content (AvgIpc) is 3.07. The third-order valence-corrected chi connectivity index (χ3v) is 8.34. The summed E-state index contributed by atoms with van der Waals surface area (Å²) in [4.78, 5) is 60.9. The standard InChI is InChI=1S/C39H54N2O8/c1-3-4-5-6-7-8-9-10-11-12-13-14-15-16-17-18-19-30(27-37(44)45)38(46)40-32-23-20-29(21-24-32)34(42)28-36(43)41-33-26-31(39(47)48)22-25-35(33)49-2/h18-26,30H,3-17,27-28H2,1-2H3,(H,40,46)(H,41,43)(H,44,45)(H,47,48)/b19-18+. The van der Waals surface area contributed by atoms with Crippen molar-refractivity contribution in [1.29, 1.82) is 0 Å². The van der Waals surface area contributed by atoms with Crippen LogP contribution in [0.1, 0.15) is 137 Å². The second kappa shape index (κ2) is 23.8. The molecule has 0 radical (unpaired) electrons. The molecule has 0 aromatic heterocycles. The van der Waals surface area contributed by atoms with Gasteiger partial charge in [0.1, 0.15) is 5.75 Å². The number of Topliss-reactive ketones (excluding diaryl/α,β-unsaturated/α-hetero) is 1. The van der Waals surface area contributed by atoms with Crippen LogP contribution < -0.4 is 15.4 Å². The number of hydrogen-bond donors (Lipinski definition) is 4. The van der Waals surface area contributed by atoms with Crippen LogP contribution >= 0.6 is 0 Å². The van der Waals surface area contributed by atoms with Gasteiger partial charge in [0.25, 0.3) is 0 Å². The summed E-state index contributed by atoms with van der Waals surface area (Å²) in [5, 5.41) is 23.8. The molecule has 268 valence electrons. The highest BCUT2D eigenvalue weighted by atomic mass is 16.5. The van der Waals surface area contributed by atoms with Gasteiger partial charge < -0.3 is 25.6 Å². The van der Waals surface area contributed by atoms with Crippen molar-refractivity contribution in [3.63, 3.8) is 0 Å². The van der Waals surface area contributed by atoms with E-state index in [-0.39, 0.29) is 29.0 Å². The summed E-state index contributed by atoms with van der Waals surface area (Å²) in [6, 6.07) is 9.95. The second-order valence-corrected chi connectivity index (χ2v) is 12.5. The number of ether oxygens (including phenoxy) is 1. The maximum atomic E-state index is 12.9. The number of methoxy groups -OCH3 is 1. The molecule has 0 saturated carbocycles. The van der Waals surface area contributed by atoms with Crippen LogP contribution in [0.25, 0.3) is 0 Å². The average molecular weight is 679 g/mol. The second-order valence-electron chi connectivity index (χ2n) is 12.5. The van der Waals surface area contributed by atoms with Gasteiger partial charge in [-0.15, -0.1) is 0 Å². The van der Waals surface area contributed by atoms with Gasteiger partial charge >= 0.3 is 11.9 Å². The van der Waals surface area contributed by atoms with Crippen LogP contribution in [0.5, 0.6) is 5.75 Å². The van der Waals surface area contributed by atoms with Gasteiger partial charge in [0.2, 0.25) is 11.8 Å². The largest absolute Gasteiger partial charge is 0.495 e. The maximum Gasteiger partial charge on any atom is 0.335 e. The Hall–Kier alpha value is -4.47. The molecule has 0 bridgehead atoms. The molecule has 1 unspecified atom stereocenters. The molecule has 0 saturated heterocycles. The predicted octanol–water partition coefficient (Wildman–Crippen LogP) is 9.06. The third-order valence-electron chi connectivity index (χ3n) is 8.34. The van der Waals surface area contributed by atoms with Crippen molar-refractivity contribution in [3.05, 3.63) is 65.7 Å². The molecule has 0 aliphatic rings. The summed E-state index contributed by atoms with van der Waals surface area (Å²) < 4.78 is 5.16. The maximum absolute atomic E-state index is 12.9. The molecule has 0 fully saturated rings. The van der Waals surface area contributed by atoms with Gasteiger partial charge in [-0.2, -0.15) is 0 Å². The van der Waals surface area contributed by atoms with Crippen molar-refractivity contribution in [2.75, 3.05) is 17.7 Å². The summed E-state index contributed by atoms with van der Waals surface area (Å²) in [5.41, 5.74) is 0.695. The number of ketones is 1. The van der Waals surface area contributed by atoms with Crippen molar-refractivity contribution in [1.82, 2.24) is 0 Å². The normalized spacial score (nSPS) is 11.6. The molecule has 2 amide bonds. The number of carboxylic acid groups (broad SMARTS) is 2. The number of aliphatic carboxylic acids is 1. The zero-order valence-electron chi connectivity index (χ0n) is 29.1. The fourth-order valence-electron chi connectivity index (χ4n) is 5.51. The summed E-state index contributed by atoms with van der Waals surface area (Å²) in [6.07, 6.45) is 21.4. The Morgan fingerprint density at radius 2 is 1.29 bits per heavy atom. The third kappa shape index (κ3) is 17.0. The van der Waals surface area contributed by atoms with E-state index in [1.807, 2.05) is 6.08 Å². The summed E-state index contributed by atoms with van der Waals surface area (Å²) in [5.74, 6) is -4.45. The number of carboxylic acids is 2. The van der Waals surface area contributed by atoms with Crippen LogP contribution in [0.2, 0.25) is 0 Å². The van der Waals surface area contributed by atoms with Gasteiger partial charge in [0.05, 0.1) is 37.1 Å². The van der Waals surface area contributed by atoms with Crippen LogP contribution in [0.15, 0.2) is 54.6 Å². The Morgan fingerprint density at radius 1 is 0.735 bits per heavy atom. The van der Waals surface area contributed by atoms with E-state index in [0.29, 0.717) is 5.69 Å². The molecule has 0 spiro atoms. The fourth-order valence-corrected chi connectivity index (χ4v) is 5.51. The summed E-state index contributed by atoms with van der Waals surface area (Å²) in [6.45, 7) is 2.25. The quantitative estimate of drug-likeness (QED) is 0.0332. The van der Waals surface area contributed by atoms with Crippen LogP contribution in [0, 0.1) is 5.92 Å². The van der Waals surface area contributed by atoms with E-state index < -0.39 is 41.9 Å². The lowest BCUT2D eigenvalue weighted by Crippen LogP contribution is -2.23. The van der Waals surface area contributed by atoms with Crippen molar-refractivity contribution in [3.8, 4) is 5.75 Å². The van der Waals surface area contributed by atoms with Crippen molar-refractivity contribution in [2.45, 2.75) is 116 Å². The lowest BCUT2D eigenvalue weighted by molar-refractivity contribution is -0.139. The van der Waals surface area contributed by atoms with Gasteiger partial charge in [-0.05, 0) is 55.3 Å². The highest BCUT2D eigenvalue weighted by Crippen LogP contribution is 2.26. The van der Waals surface area contributed by atoms with Crippen molar-refractivity contribution >= 4 is 40.9 Å². The smallest absolute Gasteiger partial charge is 0.335 e. The van der Waals surface area contributed by atoms with Gasteiger partial charge in [0.15, 0.2) is 5.78 Å². The number of aromatic carboxylic acids is 1. The van der Waals surface area contributed by atoms with Crippen molar-refractivity contribution in [2.24, 2.45) is 5.92 Å². The van der Waals surface area contributed by atoms with E-state index in [1.54, 1.807) is 6.08 Å². The number of carbonyl (C=O) groups is 5. The first-order valence-electron chi connectivity index (χ1n) is 17.7. The topological polar surface area (TPSA) is 159 Å². The van der Waals surface area contributed by atoms with E-state index in [2.05, 4.69) is 17.6 Å². The molecule has 2 rings (SSSR count). The Morgan fingerprint density at radius 3 is 1.82 bits per heavy atom. The molecule has 4 N–H and O–H groups in total. The van der Waals surface area contributed by atoms with Crippen LogP contribution in [0.4, 0.5) is 11.4 Å². The van der Waals surface area contributed by atoms with Crippen LogP contribution in [-0.2, 0) is 14.4 Å². The zero-order valence-corrected chi connectivity index (χ0v) is 29.1. The number of amides is 2. The monoisotopic (exact) mass is 678 g/mol. The minimum atomic E-state index is -1.17. The van der Waals surface area contributed by atoms with Crippen LogP contribution in [0.3, 0.4) is 0 Å². The predicted molar refractivity (Wildman–Crippen MR) is 192 cm³/mol. The zero-order chi connectivity index (χ0) is 35.9. The summed E-state index contributed by atoms with van der Waals surface area (Å²) in [7, 11) is 1.37. The number of nitrogens with one attached hydrogen (secondary N) is 2. The lowest BCUT2D eigenvalue weighted by atomic mass is 10.0. The molecular formula is C39H54N2O8. The highest BCUT2D eigenvalue weighted by Gasteiger charge is 2.20. The highest BCUT2D eigenvalue weighted by molar-refractivity contribution is 6.11.